The molecule has 1 aromatic carbocycles. The fourth-order valence-electron chi connectivity index (χ4n) is 3.79. The Balaban J connectivity index is 1.82. The van der Waals surface area contributed by atoms with Crippen LogP contribution in [0.2, 0.25) is 0 Å². The predicted molar refractivity (Wildman–Crippen MR) is 123 cm³/mol. The summed E-state index contributed by atoms with van der Waals surface area (Å²) in [6.45, 7) is 1.56. The average molecular weight is 538 g/mol. The Kier molecular flexibility index (Phi) is 8.99. The molecule has 0 saturated heterocycles. The van der Waals surface area contributed by atoms with Crippen molar-refractivity contribution in [2.24, 2.45) is 5.92 Å². The molecule has 4 N–H and O–H groups in total. The molecule has 8 nitrogen and oxygen atoms in total. The highest BCUT2D eigenvalue weighted by Gasteiger charge is 2.44. The van der Waals surface area contributed by atoms with Crippen LogP contribution in [0.15, 0.2) is 24.3 Å². The number of hydrogen-bond donors (Lipinski definition) is 4. The molecular weight excluding hydrogens is 506 g/mol. The van der Waals surface area contributed by atoms with Gasteiger partial charge in [0, 0.05) is 6.04 Å². The molecule has 202 valence electrons. The number of hydrogen-bond acceptors (Lipinski definition) is 6. The van der Waals surface area contributed by atoms with Gasteiger partial charge in [0.05, 0.1) is 17.5 Å². The molecule has 0 bridgehead atoms. The maximum atomic E-state index is 13.9. The zero-order valence-electron chi connectivity index (χ0n) is 19.7. The second-order valence-corrected chi connectivity index (χ2v) is 11.7. The third kappa shape index (κ3) is 8.41. The summed E-state index contributed by atoms with van der Waals surface area (Å²) in [4.78, 5) is 25.3. The monoisotopic (exact) mass is 537 g/mol. The van der Waals surface area contributed by atoms with E-state index in [0.29, 0.717) is 12.8 Å². The molecule has 2 aliphatic carbocycles. The summed E-state index contributed by atoms with van der Waals surface area (Å²) in [5, 5.41) is 17.4. The van der Waals surface area contributed by atoms with Gasteiger partial charge in [-0.2, -0.15) is 13.2 Å². The van der Waals surface area contributed by atoms with Gasteiger partial charge in [0.1, 0.15) is 17.9 Å². The summed E-state index contributed by atoms with van der Waals surface area (Å²) < 4.78 is 80.5. The van der Waals surface area contributed by atoms with Gasteiger partial charge < -0.3 is 15.7 Å². The molecule has 2 fully saturated rings. The van der Waals surface area contributed by atoms with E-state index in [4.69, 9.17) is 0 Å². The number of carbonyl (C=O) groups excluding carboxylic acids is 2. The Morgan fingerprint density at radius 2 is 1.69 bits per heavy atom. The lowest BCUT2D eigenvalue weighted by molar-refractivity contribution is -0.160. The first-order valence-electron chi connectivity index (χ1n) is 11.9. The van der Waals surface area contributed by atoms with E-state index in [0.717, 1.165) is 37.1 Å². The minimum absolute atomic E-state index is 0.0627. The Morgan fingerprint density at radius 3 is 2.19 bits per heavy atom. The van der Waals surface area contributed by atoms with Gasteiger partial charge in [0.25, 0.3) is 5.91 Å². The van der Waals surface area contributed by atoms with E-state index < -0.39 is 69.2 Å². The van der Waals surface area contributed by atoms with Crippen molar-refractivity contribution in [1.29, 1.82) is 0 Å². The van der Waals surface area contributed by atoms with Gasteiger partial charge in [0.15, 0.2) is 15.9 Å². The molecule has 2 saturated carbocycles. The van der Waals surface area contributed by atoms with Crippen molar-refractivity contribution < 1.29 is 40.7 Å². The van der Waals surface area contributed by atoms with Crippen LogP contribution in [-0.2, 0) is 19.4 Å². The quantitative estimate of drug-likeness (QED) is 0.284. The Morgan fingerprint density at radius 1 is 1.08 bits per heavy atom. The first-order chi connectivity index (χ1) is 16.8. The highest BCUT2D eigenvalue weighted by atomic mass is 32.2. The molecule has 0 heterocycles. The fourth-order valence-corrected chi connectivity index (χ4v) is 5.73. The zero-order valence-corrected chi connectivity index (χ0v) is 20.5. The maximum absolute atomic E-state index is 13.9. The first-order valence-corrected chi connectivity index (χ1v) is 13.7. The Hall–Kier alpha value is -2.25. The summed E-state index contributed by atoms with van der Waals surface area (Å²) in [6.07, 6.45) is -3.66. The number of rotatable bonds is 13. The summed E-state index contributed by atoms with van der Waals surface area (Å²) in [5.41, 5.74) is -0.405. The molecule has 0 spiro atoms. The van der Waals surface area contributed by atoms with Crippen LogP contribution in [0.3, 0.4) is 0 Å². The predicted octanol–water partition coefficient (Wildman–Crippen LogP) is 1.75. The van der Waals surface area contributed by atoms with E-state index >= 15 is 0 Å². The van der Waals surface area contributed by atoms with Crippen LogP contribution in [0, 0.1) is 11.7 Å². The smallest absolute Gasteiger partial charge is 0.381 e. The van der Waals surface area contributed by atoms with Gasteiger partial charge in [-0.1, -0.05) is 19.1 Å². The van der Waals surface area contributed by atoms with E-state index in [1.807, 2.05) is 0 Å². The van der Waals surface area contributed by atoms with E-state index in [1.54, 1.807) is 6.92 Å². The largest absolute Gasteiger partial charge is 0.407 e. The molecule has 0 aromatic heterocycles. The molecule has 4 atom stereocenters. The molecule has 36 heavy (non-hydrogen) atoms. The van der Waals surface area contributed by atoms with Crippen molar-refractivity contribution >= 4 is 21.7 Å². The maximum Gasteiger partial charge on any atom is 0.407 e. The summed E-state index contributed by atoms with van der Waals surface area (Å²) >= 11 is 0. The molecule has 0 radical (unpaired) electrons. The number of benzene rings is 1. The Labute approximate surface area is 207 Å². The summed E-state index contributed by atoms with van der Waals surface area (Å²) in [6, 6.07) is -2.07. The molecule has 13 heteroatoms. The highest BCUT2D eigenvalue weighted by Crippen LogP contribution is 2.34. The second-order valence-electron chi connectivity index (χ2n) is 9.52. The van der Waals surface area contributed by atoms with Gasteiger partial charge in [-0.15, -0.1) is 0 Å². The molecule has 2 aliphatic rings. The first kappa shape index (κ1) is 28.3. The Bertz CT molecular complexity index is 1030. The molecule has 2 amide bonds. The van der Waals surface area contributed by atoms with Crippen molar-refractivity contribution in [3.63, 3.8) is 0 Å². The lowest BCUT2D eigenvalue weighted by Crippen LogP contribution is -2.57. The topological polar surface area (TPSA) is 125 Å². The minimum atomic E-state index is -4.94. The number of halogens is 4. The average Bonchev–Trinajstić information content (AvgIpc) is 3.72. The minimum Gasteiger partial charge on any atom is -0.381 e. The lowest BCUT2D eigenvalue weighted by atomic mass is 10.0. The van der Waals surface area contributed by atoms with E-state index in [-0.39, 0.29) is 24.1 Å². The van der Waals surface area contributed by atoms with Crippen molar-refractivity contribution in [2.45, 2.75) is 75.5 Å². The van der Waals surface area contributed by atoms with Gasteiger partial charge in [-0.3, -0.25) is 14.9 Å². The van der Waals surface area contributed by atoms with E-state index in [2.05, 4.69) is 16.0 Å². The normalized spacial score (nSPS) is 19.7. The van der Waals surface area contributed by atoms with Gasteiger partial charge in [-0.05, 0) is 55.7 Å². The molecule has 3 rings (SSSR count). The van der Waals surface area contributed by atoms with Crippen molar-refractivity contribution in [3.8, 4) is 0 Å². The fraction of sp³-hybridized carbons (Fsp3) is 0.652. The molecule has 1 aromatic rings. The van der Waals surface area contributed by atoms with Crippen LogP contribution in [0.25, 0.3) is 0 Å². The number of aliphatic hydroxyl groups is 1. The van der Waals surface area contributed by atoms with Crippen LogP contribution < -0.4 is 16.0 Å². The number of alkyl halides is 3. The van der Waals surface area contributed by atoms with Gasteiger partial charge >= 0.3 is 6.18 Å². The van der Waals surface area contributed by atoms with Crippen LogP contribution >= 0.6 is 0 Å². The SMILES string of the molecule is CC[C@H](NC(=O)C(CS(=O)(=O)CC1CC1)N[C@@H](c1ccc(F)cc1)C(F)(F)F)C(O)C(=O)NC1CC1. The molecule has 0 aliphatic heterocycles. The van der Waals surface area contributed by atoms with Crippen LogP contribution in [-0.4, -0.2) is 67.3 Å². The van der Waals surface area contributed by atoms with E-state index in [9.17, 15) is 40.7 Å². The number of aliphatic hydroxyl groups excluding tert-OH is 1. The number of amides is 2. The highest BCUT2D eigenvalue weighted by molar-refractivity contribution is 7.91. The number of sulfone groups is 1. The standard InChI is InChI=1S/C23H31F4N3O5S/c1-2-17(19(31)22(33)28-16-9-10-16)30-21(32)18(12-36(34,35)11-13-3-4-13)29-20(23(25,26)27)14-5-7-15(24)8-6-14/h5-8,13,16-20,29,31H,2-4,9-12H2,1H3,(H,28,33)(H,30,32)/t17-,18?,19?,20-/m0/s1. The lowest BCUT2D eigenvalue weighted by Gasteiger charge is -2.29. The second kappa shape index (κ2) is 11.4. The van der Waals surface area contributed by atoms with Crippen molar-refractivity contribution in [1.82, 2.24) is 16.0 Å². The summed E-state index contributed by atoms with van der Waals surface area (Å²) in [5.74, 6) is -3.85. The van der Waals surface area contributed by atoms with E-state index in [1.165, 1.54) is 0 Å². The van der Waals surface area contributed by atoms with Gasteiger partial charge in [0.2, 0.25) is 5.91 Å². The molecule has 2 unspecified atom stereocenters. The number of nitrogens with one attached hydrogen (secondary N) is 3. The third-order valence-corrected chi connectivity index (χ3v) is 7.98. The zero-order chi connectivity index (χ0) is 26.7. The molecular formula is C23H31F4N3O5S. The number of carbonyl (C=O) groups is 2. The van der Waals surface area contributed by atoms with Crippen molar-refractivity contribution in [3.05, 3.63) is 35.6 Å². The third-order valence-electron chi connectivity index (χ3n) is 6.16. The van der Waals surface area contributed by atoms with Crippen LogP contribution in [0.4, 0.5) is 17.6 Å². The van der Waals surface area contributed by atoms with Crippen LogP contribution in [0.5, 0.6) is 0 Å². The summed E-state index contributed by atoms with van der Waals surface area (Å²) in [7, 11) is -3.92. The van der Waals surface area contributed by atoms with Gasteiger partial charge in [-0.25, -0.2) is 12.8 Å². The van der Waals surface area contributed by atoms with Crippen LogP contribution in [0.1, 0.15) is 50.6 Å². The van der Waals surface area contributed by atoms with Crippen molar-refractivity contribution in [2.75, 3.05) is 11.5 Å².